The van der Waals surface area contributed by atoms with E-state index in [9.17, 15) is 9.90 Å². The molecular formula is C17H13Cl2N3O2S2. The van der Waals surface area contributed by atoms with Gasteiger partial charge in [-0.15, -0.1) is 0 Å². The predicted octanol–water partition coefficient (Wildman–Crippen LogP) is 5.11. The molecule has 0 aliphatic carbocycles. The van der Waals surface area contributed by atoms with Gasteiger partial charge in [0.15, 0.2) is 5.11 Å². The Labute approximate surface area is 169 Å². The average molecular weight is 426 g/mol. The van der Waals surface area contributed by atoms with Crippen LogP contribution in [-0.4, -0.2) is 20.6 Å². The maximum Gasteiger partial charge on any atom is 0.305 e. The Morgan fingerprint density at radius 2 is 2.08 bits per heavy atom. The molecule has 26 heavy (non-hydrogen) atoms. The van der Waals surface area contributed by atoms with E-state index in [2.05, 4.69) is 15.0 Å². The molecule has 1 heterocycles. The molecule has 0 bridgehead atoms. The van der Waals surface area contributed by atoms with E-state index in [1.165, 1.54) is 11.5 Å². The van der Waals surface area contributed by atoms with Gasteiger partial charge in [0.25, 0.3) is 0 Å². The number of rotatable bonds is 5. The first kappa shape index (κ1) is 18.8. The minimum atomic E-state index is -0.970. The predicted molar refractivity (Wildman–Crippen MR) is 110 cm³/mol. The number of carboxylic acid groups (broad SMARTS) is 1. The van der Waals surface area contributed by atoms with Crippen LogP contribution >= 0.6 is 47.0 Å². The highest BCUT2D eigenvalue weighted by Crippen LogP contribution is 2.28. The Morgan fingerprint density at radius 1 is 1.27 bits per heavy atom. The second-order valence-corrected chi connectivity index (χ2v) is 7.58. The van der Waals surface area contributed by atoms with E-state index in [0.29, 0.717) is 20.7 Å². The lowest BCUT2D eigenvalue weighted by Gasteiger charge is -2.21. The van der Waals surface area contributed by atoms with Crippen molar-refractivity contribution < 1.29 is 9.90 Å². The van der Waals surface area contributed by atoms with Crippen molar-refractivity contribution in [2.45, 2.75) is 12.5 Å². The third kappa shape index (κ3) is 4.62. The first-order valence-corrected chi connectivity index (χ1v) is 9.45. The number of carbonyl (C=O) groups is 1. The Morgan fingerprint density at radius 3 is 2.81 bits per heavy atom. The summed E-state index contributed by atoms with van der Waals surface area (Å²) >= 11 is 18.9. The lowest BCUT2D eigenvalue weighted by Crippen LogP contribution is -2.33. The minimum Gasteiger partial charge on any atom is -0.481 e. The van der Waals surface area contributed by atoms with Crippen LogP contribution < -0.4 is 10.6 Å². The molecule has 5 nitrogen and oxygen atoms in total. The molecule has 0 unspecified atom stereocenters. The second-order valence-electron chi connectivity index (χ2n) is 5.49. The van der Waals surface area contributed by atoms with Gasteiger partial charge in [0.1, 0.15) is 0 Å². The van der Waals surface area contributed by atoms with Crippen LogP contribution in [0.2, 0.25) is 10.0 Å². The van der Waals surface area contributed by atoms with Crippen LogP contribution in [0.15, 0.2) is 42.6 Å². The van der Waals surface area contributed by atoms with Gasteiger partial charge in [-0.2, -0.15) is 4.37 Å². The summed E-state index contributed by atoms with van der Waals surface area (Å²) in [5.74, 6) is -0.970. The van der Waals surface area contributed by atoms with Crippen molar-refractivity contribution in [1.82, 2.24) is 9.69 Å². The van der Waals surface area contributed by atoms with Gasteiger partial charge in [-0.3, -0.25) is 4.79 Å². The summed E-state index contributed by atoms with van der Waals surface area (Å²) in [6.07, 6.45) is 1.60. The van der Waals surface area contributed by atoms with Crippen molar-refractivity contribution in [3.8, 4) is 0 Å². The second kappa shape index (κ2) is 8.18. The normalized spacial score (nSPS) is 11.9. The van der Waals surface area contributed by atoms with E-state index in [1.54, 1.807) is 24.4 Å². The minimum absolute atomic E-state index is 0.184. The molecule has 0 fully saturated rings. The number of carboxylic acids is 1. The zero-order valence-electron chi connectivity index (χ0n) is 13.2. The van der Waals surface area contributed by atoms with Crippen molar-refractivity contribution >= 4 is 73.8 Å². The number of benzene rings is 2. The zero-order valence-corrected chi connectivity index (χ0v) is 16.3. The zero-order chi connectivity index (χ0) is 18.7. The van der Waals surface area contributed by atoms with Gasteiger partial charge in [-0.05, 0) is 59.6 Å². The molecule has 134 valence electrons. The van der Waals surface area contributed by atoms with Crippen LogP contribution in [-0.2, 0) is 4.79 Å². The number of thiocarbonyl (C=S) groups is 1. The summed E-state index contributed by atoms with van der Waals surface area (Å²) < 4.78 is 5.21. The fraction of sp³-hybridized carbons (Fsp3) is 0.118. The molecular weight excluding hydrogens is 413 g/mol. The van der Waals surface area contributed by atoms with Crippen LogP contribution in [0.25, 0.3) is 10.1 Å². The molecule has 0 aliphatic heterocycles. The van der Waals surface area contributed by atoms with Crippen LogP contribution in [0.4, 0.5) is 5.69 Å². The lowest BCUT2D eigenvalue weighted by molar-refractivity contribution is -0.137. The monoisotopic (exact) mass is 425 g/mol. The fourth-order valence-corrected chi connectivity index (χ4v) is 3.90. The van der Waals surface area contributed by atoms with Crippen LogP contribution in [0, 0.1) is 0 Å². The first-order valence-electron chi connectivity index (χ1n) is 7.51. The summed E-state index contributed by atoms with van der Waals surface area (Å²) in [5.41, 5.74) is 1.39. The van der Waals surface area contributed by atoms with Gasteiger partial charge in [0.05, 0.1) is 17.2 Å². The molecule has 3 rings (SSSR count). The van der Waals surface area contributed by atoms with Gasteiger partial charge in [0.2, 0.25) is 0 Å². The van der Waals surface area contributed by atoms with Gasteiger partial charge in [0, 0.05) is 27.3 Å². The molecule has 0 spiro atoms. The van der Waals surface area contributed by atoms with E-state index in [-0.39, 0.29) is 6.42 Å². The Balaban J connectivity index is 1.77. The lowest BCUT2D eigenvalue weighted by atomic mass is 10.0. The Hall–Kier alpha value is -1.93. The highest BCUT2D eigenvalue weighted by Gasteiger charge is 2.19. The Kier molecular flexibility index (Phi) is 5.93. The number of fused-ring (bicyclic) bond motifs is 1. The highest BCUT2D eigenvalue weighted by atomic mass is 35.5. The first-order chi connectivity index (χ1) is 12.4. The molecule has 0 aliphatic rings. The topological polar surface area (TPSA) is 74.2 Å². The van der Waals surface area contributed by atoms with E-state index < -0.39 is 12.0 Å². The number of halogens is 2. The van der Waals surface area contributed by atoms with E-state index in [0.717, 1.165) is 15.8 Å². The van der Waals surface area contributed by atoms with E-state index in [4.69, 9.17) is 35.4 Å². The molecule has 0 radical (unpaired) electrons. The number of hydrogen-bond donors (Lipinski definition) is 3. The maximum absolute atomic E-state index is 11.2. The fourth-order valence-electron chi connectivity index (χ4n) is 2.47. The average Bonchev–Trinajstić information content (AvgIpc) is 3.01. The quantitative estimate of drug-likeness (QED) is 0.493. The number of aliphatic carboxylic acids is 1. The summed E-state index contributed by atoms with van der Waals surface area (Å²) in [7, 11) is 0. The molecule has 3 N–H and O–H groups in total. The third-order valence-corrected chi connectivity index (χ3v) is 5.19. The molecule has 0 amide bonds. The van der Waals surface area contributed by atoms with Crippen molar-refractivity contribution in [1.29, 1.82) is 0 Å². The van der Waals surface area contributed by atoms with Gasteiger partial charge >= 0.3 is 5.97 Å². The third-order valence-electron chi connectivity index (χ3n) is 3.63. The van der Waals surface area contributed by atoms with Crippen LogP contribution in [0.3, 0.4) is 0 Å². The van der Waals surface area contributed by atoms with Crippen molar-refractivity contribution in [2.75, 3.05) is 5.32 Å². The molecule has 0 saturated carbocycles. The molecule has 1 atom stereocenters. The number of aromatic nitrogens is 1. The van der Waals surface area contributed by atoms with Crippen LogP contribution in [0.1, 0.15) is 18.0 Å². The van der Waals surface area contributed by atoms with Crippen molar-refractivity contribution in [2.24, 2.45) is 0 Å². The standard InChI is InChI=1S/C17H13Cl2N3O2S2/c18-10-1-3-12(13(19)6-10)14(7-16(23)24)22-17(25)21-11-2-4-15-9(5-11)8-20-26-15/h1-6,8,14H,7H2,(H,23,24)(H2,21,22,25)/t14-/m0/s1. The summed E-state index contributed by atoms with van der Waals surface area (Å²) in [4.78, 5) is 11.2. The molecule has 9 heteroatoms. The molecule has 0 saturated heterocycles. The number of anilines is 1. The Bertz CT molecular complexity index is 978. The summed E-state index contributed by atoms with van der Waals surface area (Å²) in [6.45, 7) is 0. The molecule has 1 aromatic heterocycles. The summed E-state index contributed by atoms with van der Waals surface area (Å²) in [5, 5.41) is 17.4. The highest BCUT2D eigenvalue weighted by molar-refractivity contribution is 7.80. The number of nitrogens with one attached hydrogen (secondary N) is 2. The number of nitrogens with zero attached hydrogens (tertiary/aromatic N) is 1. The largest absolute Gasteiger partial charge is 0.481 e. The van der Waals surface area contributed by atoms with Gasteiger partial charge in [-0.1, -0.05) is 29.3 Å². The van der Waals surface area contributed by atoms with Gasteiger partial charge in [-0.25, -0.2) is 0 Å². The van der Waals surface area contributed by atoms with E-state index in [1.807, 2.05) is 18.2 Å². The molecule has 2 aromatic carbocycles. The maximum atomic E-state index is 11.2. The van der Waals surface area contributed by atoms with Crippen molar-refractivity contribution in [3.05, 3.63) is 58.2 Å². The van der Waals surface area contributed by atoms with Crippen LogP contribution in [0.5, 0.6) is 0 Å². The van der Waals surface area contributed by atoms with Crippen molar-refractivity contribution in [3.63, 3.8) is 0 Å². The van der Waals surface area contributed by atoms with Gasteiger partial charge < -0.3 is 15.7 Å². The SMILES string of the molecule is O=C(O)C[C@H](NC(=S)Nc1ccc2sncc2c1)c1ccc(Cl)cc1Cl. The summed E-state index contributed by atoms with van der Waals surface area (Å²) in [6, 6.07) is 10.1. The molecule has 3 aromatic rings. The smallest absolute Gasteiger partial charge is 0.305 e. The number of hydrogen-bond acceptors (Lipinski definition) is 4. The van der Waals surface area contributed by atoms with E-state index >= 15 is 0 Å².